The van der Waals surface area contributed by atoms with Gasteiger partial charge in [-0.3, -0.25) is 0 Å². The van der Waals surface area contributed by atoms with Crippen LogP contribution >= 0.6 is 0 Å². The van der Waals surface area contributed by atoms with Gasteiger partial charge in [-0.2, -0.15) is 0 Å². The van der Waals surface area contributed by atoms with E-state index in [-0.39, 0.29) is 6.61 Å². The molecule has 2 heteroatoms. The first-order valence-corrected chi connectivity index (χ1v) is 8.13. The van der Waals surface area contributed by atoms with E-state index in [1.165, 1.54) is 31.2 Å². The first-order valence-electron chi connectivity index (χ1n) is 8.13. The third-order valence-corrected chi connectivity index (χ3v) is 5.66. The van der Waals surface area contributed by atoms with E-state index in [9.17, 15) is 5.11 Å². The van der Waals surface area contributed by atoms with Crippen molar-refractivity contribution in [2.75, 3.05) is 13.2 Å². The first kappa shape index (κ1) is 14.1. The monoisotopic (exact) mass is 273 g/mol. The van der Waals surface area contributed by atoms with E-state index < -0.39 is 0 Å². The Bertz CT molecular complexity index is 432. The normalized spacial score (nSPS) is 33.5. The molecule has 0 heterocycles. The van der Waals surface area contributed by atoms with Gasteiger partial charge in [0, 0.05) is 19.2 Å². The molecular weight excluding hydrogens is 246 g/mol. The fraction of sp³-hybridized carbons (Fsp3) is 0.667. The van der Waals surface area contributed by atoms with E-state index in [1.54, 1.807) is 0 Å². The minimum absolute atomic E-state index is 0.270. The van der Waals surface area contributed by atoms with Gasteiger partial charge >= 0.3 is 0 Å². The summed E-state index contributed by atoms with van der Waals surface area (Å²) in [6.45, 7) is 3.72. The Balaban J connectivity index is 1.60. The highest BCUT2D eigenvalue weighted by molar-refractivity contribution is 5.20. The van der Waals surface area contributed by atoms with Gasteiger partial charge in [0.1, 0.15) is 0 Å². The molecule has 0 bridgehead atoms. The molecule has 2 saturated carbocycles. The van der Waals surface area contributed by atoms with E-state index in [1.807, 2.05) is 0 Å². The van der Waals surface area contributed by atoms with Crippen LogP contribution in [0.3, 0.4) is 0 Å². The van der Waals surface area contributed by atoms with E-state index in [2.05, 4.69) is 42.6 Å². The second kappa shape index (κ2) is 5.87. The molecule has 2 aliphatic rings. The SMILES string of the molecule is CC12CC1CCCC2NCC(CCO)c1ccccc1. The summed E-state index contributed by atoms with van der Waals surface area (Å²) in [7, 11) is 0. The molecule has 1 aromatic carbocycles. The predicted octanol–water partition coefficient (Wildman–Crippen LogP) is 3.32. The molecule has 0 aliphatic heterocycles. The van der Waals surface area contributed by atoms with Crippen LogP contribution < -0.4 is 5.32 Å². The second-order valence-corrected chi connectivity index (χ2v) is 6.92. The second-order valence-electron chi connectivity index (χ2n) is 6.92. The molecule has 1 aromatic rings. The lowest BCUT2D eigenvalue weighted by atomic mass is 9.84. The topological polar surface area (TPSA) is 32.3 Å². The van der Waals surface area contributed by atoms with Gasteiger partial charge in [-0.1, -0.05) is 43.7 Å². The van der Waals surface area contributed by atoms with Crippen LogP contribution in [0, 0.1) is 11.3 Å². The molecule has 4 atom stereocenters. The molecule has 2 aliphatic carbocycles. The molecule has 0 aromatic heterocycles. The molecule has 0 amide bonds. The Labute approximate surface area is 122 Å². The van der Waals surface area contributed by atoms with Gasteiger partial charge in [-0.15, -0.1) is 0 Å². The van der Waals surface area contributed by atoms with E-state index in [0.29, 0.717) is 17.4 Å². The lowest BCUT2D eigenvalue weighted by molar-refractivity contribution is 0.243. The zero-order valence-electron chi connectivity index (χ0n) is 12.5. The number of nitrogens with one attached hydrogen (secondary N) is 1. The molecule has 0 radical (unpaired) electrons. The highest BCUT2D eigenvalue weighted by atomic mass is 16.3. The summed E-state index contributed by atoms with van der Waals surface area (Å²) >= 11 is 0. The Morgan fingerprint density at radius 3 is 2.85 bits per heavy atom. The van der Waals surface area contributed by atoms with Crippen LogP contribution in [0.1, 0.15) is 50.5 Å². The molecule has 2 nitrogen and oxygen atoms in total. The third-order valence-electron chi connectivity index (χ3n) is 5.66. The van der Waals surface area contributed by atoms with Crippen molar-refractivity contribution in [3.8, 4) is 0 Å². The standard InChI is InChI=1S/C18H27NO/c1-18-12-16(18)8-5-9-17(18)19-13-15(10-11-20)14-6-3-2-4-7-14/h2-4,6-7,15-17,19-20H,5,8-13H2,1H3. The zero-order chi connectivity index (χ0) is 14.0. The number of benzene rings is 1. The number of rotatable bonds is 6. The van der Waals surface area contributed by atoms with Crippen molar-refractivity contribution in [1.82, 2.24) is 5.32 Å². The van der Waals surface area contributed by atoms with Gasteiger partial charge in [0.2, 0.25) is 0 Å². The minimum atomic E-state index is 0.270. The van der Waals surface area contributed by atoms with Crippen LogP contribution in [0.15, 0.2) is 30.3 Å². The van der Waals surface area contributed by atoms with E-state index in [0.717, 1.165) is 18.9 Å². The fourth-order valence-corrected chi connectivity index (χ4v) is 4.12. The average molecular weight is 273 g/mol. The molecule has 4 unspecified atom stereocenters. The highest BCUT2D eigenvalue weighted by Gasteiger charge is 2.56. The summed E-state index contributed by atoms with van der Waals surface area (Å²) < 4.78 is 0. The molecule has 3 rings (SSSR count). The Morgan fingerprint density at radius 2 is 2.10 bits per heavy atom. The lowest BCUT2D eigenvalue weighted by Crippen LogP contribution is -2.41. The molecule has 0 saturated heterocycles. The van der Waals surface area contributed by atoms with Crippen LogP contribution in [0.2, 0.25) is 0 Å². The maximum Gasteiger partial charge on any atom is 0.0437 e. The molecule has 0 spiro atoms. The van der Waals surface area contributed by atoms with E-state index >= 15 is 0 Å². The van der Waals surface area contributed by atoms with Gasteiger partial charge < -0.3 is 10.4 Å². The Hall–Kier alpha value is -0.860. The maximum atomic E-state index is 9.32. The van der Waals surface area contributed by atoms with Crippen LogP contribution in [-0.2, 0) is 0 Å². The smallest absolute Gasteiger partial charge is 0.0437 e. The number of hydrogen-bond acceptors (Lipinski definition) is 2. The molecular formula is C18H27NO. The number of aliphatic hydroxyl groups is 1. The van der Waals surface area contributed by atoms with Gasteiger partial charge in [0.15, 0.2) is 0 Å². The highest BCUT2D eigenvalue weighted by Crippen LogP contribution is 2.60. The maximum absolute atomic E-state index is 9.32. The van der Waals surface area contributed by atoms with Crippen molar-refractivity contribution in [2.45, 2.75) is 51.0 Å². The largest absolute Gasteiger partial charge is 0.396 e. The van der Waals surface area contributed by atoms with Crippen molar-refractivity contribution < 1.29 is 5.11 Å². The number of aliphatic hydroxyl groups excluding tert-OH is 1. The lowest BCUT2D eigenvalue weighted by Gasteiger charge is -2.32. The molecule has 2 N–H and O–H groups in total. The summed E-state index contributed by atoms with van der Waals surface area (Å²) in [4.78, 5) is 0. The van der Waals surface area contributed by atoms with Crippen molar-refractivity contribution in [2.24, 2.45) is 11.3 Å². The summed E-state index contributed by atoms with van der Waals surface area (Å²) in [5.74, 6) is 1.41. The van der Waals surface area contributed by atoms with Crippen molar-refractivity contribution in [1.29, 1.82) is 0 Å². The molecule has 20 heavy (non-hydrogen) atoms. The minimum Gasteiger partial charge on any atom is -0.396 e. The number of hydrogen-bond donors (Lipinski definition) is 2. The predicted molar refractivity (Wildman–Crippen MR) is 82.7 cm³/mol. The van der Waals surface area contributed by atoms with Crippen molar-refractivity contribution >= 4 is 0 Å². The summed E-state index contributed by atoms with van der Waals surface area (Å²) in [6.07, 6.45) is 6.42. The van der Waals surface area contributed by atoms with Gasteiger partial charge in [-0.05, 0) is 48.5 Å². The fourth-order valence-electron chi connectivity index (χ4n) is 4.12. The van der Waals surface area contributed by atoms with E-state index in [4.69, 9.17) is 0 Å². The first-order chi connectivity index (χ1) is 9.74. The summed E-state index contributed by atoms with van der Waals surface area (Å²) in [5, 5.41) is 13.1. The summed E-state index contributed by atoms with van der Waals surface area (Å²) in [5.41, 5.74) is 1.92. The van der Waals surface area contributed by atoms with Gasteiger partial charge in [-0.25, -0.2) is 0 Å². The zero-order valence-corrected chi connectivity index (χ0v) is 12.5. The Morgan fingerprint density at radius 1 is 1.30 bits per heavy atom. The third kappa shape index (κ3) is 2.77. The molecule has 110 valence electrons. The number of fused-ring (bicyclic) bond motifs is 1. The van der Waals surface area contributed by atoms with Crippen molar-refractivity contribution in [3.63, 3.8) is 0 Å². The molecule has 2 fully saturated rings. The summed E-state index contributed by atoms with van der Waals surface area (Å²) in [6, 6.07) is 11.3. The average Bonchev–Trinajstić information content (AvgIpc) is 3.16. The van der Waals surface area contributed by atoms with Crippen LogP contribution in [0.4, 0.5) is 0 Å². The van der Waals surface area contributed by atoms with Crippen LogP contribution in [0.5, 0.6) is 0 Å². The van der Waals surface area contributed by atoms with Crippen molar-refractivity contribution in [3.05, 3.63) is 35.9 Å². The Kier molecular flexibility index (Phi) is 4.13. The van der Waals surface area contributed by atoms with Gasteiger partial charge in [0.25, 0.3) is 0 Å². The van der Waals surface area contributed by atoms with Crippen LogP contribution in [0.25, 0.3) is 0 Å². The quantitative estimate of drug-likeness (QED) is 0.833. The van der Waals surface area contributed by atoms with Gasteiger partial charge in [0.05, 0.1) is 0 Å². The van der Waals surface area contributed by atoms with Crippen LogP contribution in [-0.4, -0.2) is 24.3 Å².